The van der Waals surface area contributed by atoms with Gasteiger partial charge < -0.3 is 14.6 Å². The van der Waals surface area contributed by atoms with Crippen molar-refractivity contribution >= 4 is 34.0 Å². The number of hydrogen-bond acceptors (Lipinski definition) is 4. The van der Waals surface area contributed by atoms with Gasteiger partial charge in [-0.2, -0.15) is 5.10 Å². The number of aromatic nitrogens is 3. The summed E-state index contributed by atoms with van der Waals surface area (Å²) in [6, 6.07) is 14.6. The molecule has 4 rings (SSSR count). The Morgan fingerprint density at radius 1 is 1.12 bits per heavy atom. The molecule has 0 saturated carbocycles. The van der Waals surface area contributed by atoms with Crippen molar-refractivity contribution in [3.05, 3.63) is 87.1 Å². The highest BCUT2D eigenvalue weighted by Gasteiger charge is 2.17. The molecule has 0 saturated heterocycles. The van der Waals surface area contributed by atoms with E-state index in [1.165, 1.54) is 4.68 Å². The van der Waals surface area contributed by atoms with E-state index in [1.807, 2.05) is 38.1 Å². The number of benzene rings is 2. The van der Waals surface area contributed by atoms with Crippen LogP contribution < -0.4 is 15.6 Å². The molecule has 4 aromatic rings. The first kappa shape index (κ1) is 21.6. The number of methoxy groups -OCH3 is 1. The molecule has 0 aliphatic heterocycles. The van der Waals surface area contributed by atoms with Crippen LogP contribution in [0.4, 0.5) is 5.69 Å². The zero-order valence-corrected chi connectivity index (χ0v) is 18.8. The summed E-state index contributed by atoms with van der Waals surface area (Å²) in [5, 5.41) is 9.03. The minimum atomic E-state index is -0.336. The van der Waals surface area contributed by atoms with Crippen LogP contribution in [-0.2, 0) is 17.9 Å². The van der Waals surface area contributed by atoms with Gasteiger partial charge >= 0.3 is 0 Å². The maximum Gasteiger partial charge on any atom is 0.276 e. The second kappa shape index (κ2) is 8.88. The van der Waals surface area contributed by atoms with Crippen molar-refractivity contribution in [2.75, 3.05) is 12.4 Å². The van der Waals surface area contributed by atoms with Crippen LogP contribution in [0, 0.1) is 13.8 Å². The minimum Gasteiger partial charge on any atom is -0.497 e. The van der Waals surface area contributed by atoms with Gasteiger partial charge in [0.2, 0.25) is 5.91 Å². The van der Waals surface area contributed by atoms with E-state index in [-0.39, 0.29) is 18.0 Å². The molecular weight excluding hydrogens is 428 g/mol. The number of carbonyl (C=O) groups excluding carboxylic acids is 1. The highest BCUT2D eigenvalue weighted by atomic mass is 35.5. The van der Waals surface area contributed by atoms with Crippen LogP contribution in [0.1, 0.15) is 17.0 Å². The topological polar surface area (TPSA) is 78.2 Å². The molecule has 0 fully saturated rings. The minimum absolute atomic E-state index is 0.182. The Balaban J connectivity index is 1.61. The van der Waals surface area contributed by atoms with Gasteiger partial charge in [-0.3, -0.25) is 9.59 Å². The van der Waals surface area contributed by atoms with E-state index in [4.69, 9.17) is 16.3 Å². The lowest BCUT2D eigenvalue weighted by Gasteiger charge is -2.09. The molecule has 1 N–H and O–H groups in total. The van der Waals surface area contributed by atoms with Gasteiger partial charge in [0.15, 0.2) is 0 Å². The number of halogens is 1. The lowest BCUT2D eigenvalue weighted by atomic mass is 10.2. The molecule has 0 aliphatic carbocycles. The Morgan fingerprint density at radius 3 is 2.56 bits per heavy atom. The predicted octanol–water partition coefficient (Wildman–Crippen LogP) is 4.16. The van der Waals surface area contributed by atoms with Gasteiger partial charge in [0.25, 0.3) is 5.56 Å². The molecule has 2 heterocycles. The molecule has 0 atom stereocenters. The Bertz CT molecular complexity index is 1360. The Labute approximate surface area is 190 Å². The fourth-order valence-corrected chi connectivity index (χ4v) is 4.04. The molecule has 164 valence electrons. The van der Waals surface area contributed by atoms with Gasteiger partial charge in [0.05, 0.1) is 18.7 Å². The van der Waals surface area contributed by atoms with Crippen molar-refractivity contribution in [1.82, 2.24) is 14.3 Å². The normalized spacial score (nSPS) is 11.0. The summed E-state index contributed by atoms with van der Waals surface area (Å²) in [5.41, 5.74) is 3.13. The third kappa shape index (κ3) is 4.24. The summed E-state index contributed by atoms with van der Waals surface area (Å²) in [7, 11) is 1.58. The third-order valence-corrected chi connectivity index (χ3v) is 5.74. The number of anilines is 1. The fourth-order valence-electron chi connectivity index (χ4n) is 3.82. The summed E-state index contributed by atoms with van der Waals surface area (Å²) < 4.78 is 8.38. The lowest BCUT2D eigenvalue weighted by Crippen LogP contribution is -2.29. The van der Waals surface area contributed by atoms with Crippen molar-refractivity contribution in [1.29, 1.82) is 0 Å². The molecule has 2 aromatic heterocycles. The number of nitrogens with zero attached hydrogens (tertiary/aromatic N) is 3. The molecule has 0 radical (unpaired) electrons. The zero-order chi connectivity index (χ0) is 22.8. The van der Waals surface area contributed by atoms with Crippen LogP contribution in [0.15, 0.2) is 59.5 Å². The summed E-state index contributed by atoms with van der Waals surface area (Å²) in [6.07, 6.45) is 1.65. The summed E-state index contributed by atoms with van der Waals surface area (Å²) in [6.45, 7) is 4.27. The van der Waals surface area contributed by atoms with Crippen molar-refractivity contribution in [2.24, 2.45) is 0 Å². The number of nitrogens with one attached hydrogen (secondary N) is 1. The maximum atomic E-state index is 13.2. The fraction of sp³-hybridized carbons (Fsp3) is 0.208. The molecule has 0 spiro atoms. The summed E-state index contributed by atoms with van der Waals surface area (Å²) in [5.74, 6) is 0.358. The Kier molecular flexibility index (Phi) is 6.01. The monoisotopic (exact) mass is 450 g/mol. The zero-order valence-electron chi connectivity index (χ0n) is 18.1. The summed E-state index contributed by atoms with van der Waals surface area (Å²) in [4.78, 5) is 25.7. The van der Waals surface area contributed by atoms with Gasteiger partial charge in [-0.05, 0) is 55.8 Å². The molecule has 7 nitrogen and oxygen atoms in total. The van der Waals surface area contributed by atoms with Crippen molar-refractivity contribution in [3.63, 3.8) is 0 Å². The van der Waals surface area contributed by atoms with E-state index >= 15 is 0 Å². The SMILES string of the molecule is COc1ccc(NC(=O)Cn2ncc3c(C)n(Cc4cccc(Cl)c4)c(C)c3c2=O)cc1. The van der Waals surface area contributed by atoms with Crippen LogP contribution in [0.5, 0.6) is 5.75 Å². The predicted molar refractivity (Wildman–Crippen MR) is 126 cm³/mol. The van der Waals surface area contributed by atoms with Crippen molar-refractivity contribution in [3.8, 4) is 5.75 Å². The van der Waals surface area contributed by atoms with E-state index in [0.717, 1.165) is 22.3 Å². The highest BCUT2D eigenvalue weighted by Crippen LogP contribution is 2.24. The quantitative estimate of drug-likeness (QED) is 0.478. The first-order chi connectivity index (χ1) is 15.4. The average molecular weight is 451 g/mol. The van der Waals surface area contributed by atoms with Crippen molar-refractivity contribution < 1.29 is 9.53 Å². The first-order valence-corrected chi connectivity index (χ1v) is 10.5. The van der Waals surface area contributed by atoms with Gasteiger partial charge in [-0.25, -0.2) is 4.68 Å². The molecule has 0 unspecified atom stereocenters. The molecular formula is C24H23ClN4O3. The number of fused-ring (bicyclic) bond motifs is 1. The largest absolute Gasteiger partial charge is 0.497 e. The number of hydrogen-bond donors (Lipinski definition) is 1. The van der Waals surface area contributed by atoms with Crippen LogP contribution in [0.3, 0.4) is 0 Å². The molecule has 0 bridgehead atoms. The van der Waals surface area contributed by atoms with Gasteiger partial charge in [-0.15, -0.1) is 0 Å². The van der Waals surface area contributed by atoms with Crippen molar-refractivity contribution in [2.45, 2.75) is 26.9 Å². The van der Waals surface area contributed by atoms with Gasteiger partial charge in [-0.1, -0.05) is 23.7 Å². The second-order valence-corrected chi connectivity index (χ2v) is 8.00. The number of aryl methyl sites for hydroxylation is 2. The highest BCUT2D eigenvalue weighted by molar-refractivity contribution is 6.30. The standard InChI is InChI=1S/C24H23ClN4O3/c1-15-21-12-26-29(14-22(30)27-19-7-9-20(32-3)10-8-19)24(31)23(21)16(2)28(15)13-17-5-4-6-18(25)11-17/h4-12H,13-14H2,1-3H3,(H,27,30). The molecule has 1 amide bonds. The van der Waals surface area contributed by atoms with Crippen LogP contribution in [0.25, 0.3) is 10.8 Å². The molecule has 8 heteroatoms. The average Bonchev–Trinajstić information content (AvgIpc) is 3.01. The number of carbonyl (C=O) groups is 1. The van der Waals surface area contributed by atoms with Crippen LogP contribution >= 0.6 is 11.6 Å². The number of amides is 1. The number of ether oxygens (including phenoxy) is 1. The van der Waals surface area contributed by atoms with Gasteiger partial charge in [0.1, 0.15) is 12.3 Å². The maximum absolute atomic E-state index is 13.2. The number of rotatable bonds is 6. The lowest BCUT2D eigenvalue weighted by molar-refractivity contribution is -0.117. The Hall–Kier alpha value is -3.58. The molecule has 2 aromatic carbocycles. The second-order valence-electron chi connectivity index (χ2n) is 7.56. The van der Waals surface area contributed by atoms with Gasteiger partial charge in [0, 0.05) is 34.0 Å². The molecule has 0 aliphatic rings. The van der Waals surface area contributed by atoms with E-state index in [1.54, 1.807) is 37.6 Å². The Morgan fingerprint density at radius 2 is 1.88 bits per heavy atom. The summed E-state index contributed by atoms with van der Waals surface area (Å²) >= 11 is 6.12. The van der Waals surface area contributed by atoms with Crippen LogP contribution in [0.2, 0.25) is 5.02 Å². The third-order valence-electron chi connectivity index (χ3n) is 5.50. The van der Waals surface area contributed by atoms with E-state index < -0.39 is 0 Å². The van der Waals surface area contributed by atoms with E-state index in [0.29, 0.717) is 28.4 Å². The van der Waals surface area contributed by atoms with E-state index in [9.17, 15) is 9.59 Å². The smallest absolute Gasteiger partial charge is 0.276 e. The van der Waals surface area contributed by atoms with Crippen LogP contribution in [-0.4, -0.2) is 27.4 Å². The molecule has 32 heavy (non-hydrogen) atoms. The first-order valence-electron chi connectivity index (χ1n) is 10.1. The van der Waals surface area contributed by atoms with E-state index in [2.05, 4.69) is 15.0 Å².